The number of urea groups is 1. The van der Waals surface area contributed by atoms with Crippen LogP contribution in [0, 0.1) is 0 Å². The van der Waals surface area contributed by atoms with E-state index in [1.807, 2.05) is 65.2 Å². The number of carbonyl (C=O) groups excluding carboxylic acids is 1. The summed E-state index contributed by atoms with van der Waals surface area (Å²) in [6, 6.07) is 31.0. The van der Waals surface area contributed by atoms with Crippen LogP contribution in [0.1, 0.15) is 58.1 Å². The molecule has 3 aromatic carbocycles. The average molecular weight is 558 g/mol. The Kier molecular flexibility index (Phi) is 8.89. The molecule has 5 rings (SSSR count). The van der Waals surface area contributed by atoms with Gasteiger partial charge in [-0.25, -0.2) is 4.79 Å². The maximum atomic E-state index is 14.2. The molecule has 0 unspecified atom stereocenters. The second-order valence-corrected chi connectivity index (χ2v) is 13.3. The number of amides is 2. The summed E-state index contributed by atoms with van der Waals surface area (Å²) in [5, 5.41) is 2.23. The van der Waals surface area contributed by atoms with E-state index in [0.29, 0.717) is 13.2 Å². The third kappa shape index (κ3) is 6.40. The van der Waals surface area contributed by atoms with Crippen molar-refractivity contribution in [2.45, 2.75) is 82.4 Å². The van der Waals surface area contributed by atoms with Crippen LogP contribution in [0.4, 0.5) is 10.5 Å². The van der Waals surface area contributed by atoms with Gasteiger partial charge in [-0.05, 0) is 70.2 Å². The van der Waals surface area contributed by atoms with Crippen molar-refractivity contribution < 1.29 is 9.63 Å². The zero-order chi connectivity index (χ0) is 28.2. The Morgan fingerprint density at radius 1 is 0.775 bits per heavy atom. The van der Waals surface area contributed by atoms with Crippen LogP contribution in [0.5, 0.6) is 0 Å². The zero-order valence-electron chi connectivity index (χ0n) is 24.3. The molecular weight excluding hydrogens is 514 g/mol. The molecule has 2 aliphatic rings. The topological polar surface area (TPSA) is 36.0 Å². The number of hydrogen-bond donors (Lipinski definition) is 0. The monoisotopic (exact) mass is 557 g/mol. The Morgan fingerprint density at radius 3 is 1.93 bits per heavy atom. The predicted octanol–water partition coefficient (Wildman–Crippen LogP) is 7.77. The van der Waals surface area contributed by atoms with Gasteiger partial charge in [-0.15, -0.1) is 0 Å². The number of hydrogen-bond acceptors (Lipinski definition) is 4. The molecule has 0 spiro atoms. The molecule has 2 atom stereocenters. The minimum absolute atomic E-state index is 0.00219. The number of nitrogens with zero attached hydrogens (tertiary/aromatic N) is 3. The summed E-state index contributed by atoms with van der Waals surface area (Å²) in [5.74, 6) is 1.74. The van der Waals surface area contributed by atoms with Crippen molar-refractivity contribution in [1.82, 2.24) is 9.96 Å². The number of rotatable bonds is 10. The van der Waals surface area contributed by atoms with Crippen molar-refractivity contribution in [2.24, 2.45) is 0 Å². The van der Waals surface area contributed by atoms with Crippen LogP contribution >= 0.6 is 11.8 Å². The van der Waals surface area contributed by atoms with Gasteiger partial charge in [0.2, 0.25) is 0 Å². The largest absolute Gasteiger partial charge is 0.325 e. The molecule has 0 N–H and O–H groups in total. The zero-order valence-corrected chi connectivity index (χ0v) is 25.1. The molecule has 2 amide bonds. The summed E-state index contributed by atoms with van der Waals surface area (Å²) < 4.78 is 0. The Labute approximate surface area is 244 Å². The van der Waals surface area contributed by atoms with Gasteiger partial charge >= 0.3 is 6.03 Å². The number of thioether (sulfide) groups is 1. The molecule has 6 heteroatoms. The molecule has 3 aromatic rings. The van der Waals surface area contributed by atoms with Gasteiger partial charge in [0.15, 0.2) is 0 Å². The normalized spacial score (nSPS) is 22.6. The number of benzene rings is 3. The lowest BCUT2D eigenvalue weighted by atomic mass is 9.82. The molecule has 212 valence electrons. The van der Waals surface area contributed by atoms with Crippen LogP contribution in [0.3, 0.4) is 0 Å². The number of piperidine rings is 1. The fourth-order valence-corrected chi connectivity index (χ4v) is 7.58. The van der Waals surface area contributed by atoms with Gasteiger partial charge in [0.1, 0.15) is 0 Å². The van der Waals surface area contributed by atoms with Crippen LogP contribution in [0.2, 0.25) is 0 Å². The van der Waals surface area contributed by atoms with Gasteiger partial charge < -0.3 is 4.90 Å². The lowest BCUT2D eigenvalue weighted by Gasteiger charge is -2.51. The fraction of sp³-hybridized carbons (Fsp3) is 0.441. The van der Waals surface area contributed by atoms with E-state index in [-0.39, 0.29) is 29.2 Å². The van der Waals surface area contributed by atoms with Gasteiger partial charge in [0.25, 0.3) is 0 Å². The highest BCUT2D eigenvalue weighted by molar-refractivity contribution is 7.98. The quantitative estimate of drug-likeness (QED) is 0.255. The summed E-state index contributed by atoms with van der Waals surface area (Å²) in [5.41, 5.74) is 3.23. The SMILES string of the molecule is CC1(C)CCCC(C)(C)N1OC[C@H]1[C@H](CSCc2ccccc2)N(Cc2ccccc2)C(=O)N1c1ccccc1. The Balaban J connectivity index is 1.45. The molecule has 0 radical (unpaired) electrons. The Morgan fingerprint density at radius 2 is 1.32 bits per heavy atom. The smallest absolute Gasteiger partial charge is 0.314 e. The lowest BCUT2D eigenvalue weighted by molar-refractivity contribution is -0.282. The van der Waals surface area contributed by atoms with E-state index in [9.17, 15) is 4.79 Å². The minimum atomic E-state index is -0.115. The molecule has 0 bridgehead atoms. The molecule has 0 aliphatic carbocycles. The number of anilines is 1. The Bertz CT molecular complexity index is 1220. The van der Waals surface area contributed by atoms with Gasteiger partial charge in [-0.3, -0.25) is 9.74 Å². The highest BCUT2D eigenvalue weighted by Gasteiger charge is 2.48. The third-order valence-electron chi connectivity index (χ3n) is 8.31. The summed E-state index contributed by atoms with van der Waals surface area (Å²) in [6.07, 6.45) is 3.39. The van der Waals surface area contributed by atoms with Crippen LogP contribution in [-0.2, 0) is 17.1 Å². The number of carbonyl (C=O) groups is 1. The molecule has 2 saturated heterocycles. The fourth-order valence-electron chi connectivity index (χ4n) is 6.39. The van der Waals surface area contributed by atoms with Crippen molar-refractivity contribution in [1.29, 1.82) is 0 Å². The Hall–Kier alpha value is -2.80. The van der Waals surface area contributed by atoms with Crippen molar-refractivity contribution in [3.63, 3.8) is 0 Å². The molecular formula is C34H43N3O2S. The lowest BCUT2D eigenvalue weighted by Crippen LogP contribution is -2.59. The number of para-hydroxylation sites is 1. The maximum Gasteiger partial charge on any atom is 0.325 e. The van der Waals surface area contributed by atoms with Crippen molar-refractivity contribution in [3.05, 3.63) is 102 Å². The molecule has 2 aliphatic heterocycles. The molecule has 2 fully saturated rings. The van der Waals surface area contributed by atoms with Crippen molar-refractivity contribution >= 4 is 23.5 Å². The van der Waals surface area contributed by atoms with Gasteiger partial charge in [0, 0.05) is 34.8 Å². The highest BCUT2D eigenvalue weighted by Crippen LogP contribution is 2.40. The average Bonchev–Trinajstić information content (AvgIpc) is 3.19. The molecule has 40 heavy (non-hydrogen) atoms. The summed E-state index contributed by atoms with van der Waals surface area (Å²) in [7, 11) is 0. The minimum Gasteiger partial charge on any atom is -0.314 e. The first-order chi connectivity index (χ1) is 19.3. The molecule has 5 nitrogen and oxygen atoms in total. The van der Waals surface area contributed by atoms with Crippen molar-refractivity contribution in [2.75, 3.05) is 17.3 Å². The van der Waals surface area contributed by atoms with E-state index in [1.54, 1.807) is 0 Å². The van der Waals surface area contributed by atoms with E-state index < -0.39 is 0 Å². The van der Waals surface area contributed by atoms with Gasteiger partial charge in [0.05, 0.1) is 18.7 Å². The summed E-state index contributed by atoms with van der Waals surface area (Å²) in [6.45, 7) is 10.1. The van der Waals surface area contributed by atoms with E-state index in [2.05, 4.69) is 80.1 Å². The molecule has 0 saturated carbocycles. The first-order valence-electron chi connectivity index (χ1n) is 14.5. The molecule has 0 aromatic heterocycles. The van der Waals surface area contributed by atoms with E-state index in [1.165, 1.54) is 12.0 Å². The van der Waals surface area contributed by atoms with Gasteiger partial charge in [-0.2, -0.15) is 16.8 Å². The summed E-state index contributed by atoms with van der Waals surface area (Å²) >= 11 is 1.89. The standard InChI is InChI=1S/C34H43N3O2S/c1-33(2)21-14-22-34(3,4)37(33)39-24-30-31(26-40-25-28-17-10-6-11-18-28)35(23-27-15-8-5-9-16-27)32(38)36(30)29-19-12-7-13-20-29/h5-13,15-20,30-31H,14,21-26H2,1-4H3/t30-,31-/m0/s1. The summed E-state index contributed by atoms with van der Waals surface area (Å²) in [4.78, 5) is 25.1. The van der Waals surface area contributed by atoms with Crippen LogP contribution < -0.4 is 4.90 Å². The molecule has 2 heterocycles. The first-order valence-corrected chi connectivity index (χ1v) is 15.7. The van der Waals surface area contributed by atoms with Crippen LogP contribution in [0.15, 0.2) is 91.0 Å². The predicted molar refractivity (Wildman–Crippen MR) is 166 cm³/mol. The van der Waals surface area contributed by atoms with Gasteiger partial charge in [-0.1, -0.05) is 78.9 Å². The van der Waals surface area contributed by atoms with E-state index >= 15 is 0 Å². The van der Waals surface area contributed by atoms with Crippen molar-refractivity contribution in [3.8, 4) is 0 Å². The second kappa shape index (κ2) is 12.4. The first kappa shape index (κ1) is 28.7. The second-order valence-electron chi connectivity index (χ2n) is 12.3. The van der Waals surface area contributed by atoms with E-state index in [4.69, 9.17) is 4.84 Å². The number of hydroxylamine groups is 2. The highest BCUT2D eigenvalue weighted by atomic mass is 32.2. The van der Waals surface area contributed by atoms with Crippen LogP contribution in [0.25, 0.3) is 0 Å². The van der Waals surface area contributed by atoms with Crippen LogP contribution in [-0.4, -0.2) is 51.5 Å². The maximum absolute atomic E-state index is 14.2. The third-order valence-corrected chi connectivity index (χ3v) is 9.42. The van der Waals surface area contributed by atoms with E-state index in [0.717, 1.165) is 35.6 Å².